The molecule has 0 fully saturated rings. The van der Waals surface area contributed by atoms with E-state index >= 15 is 0 Å². The fourth-order valence-electron chi connectivity index (χ4n) is 1.40. The lowest BCUT2D eigenvalue weighted by atomic mass is 10.2. The van der Waals surface area contributed by atoms with Crippen LogP contribution in [0.5, 0.6) is 0 Å². The van der Waals surface area contributed by atoms with Crippen LogP contribution in [0, 0.1) is 0 Å². The molecule has 68 valence electrons. The molecule has 2 rings (SSSR count). The number of aromatic nitrogens is 1. The Hall–Kier alpha value is -1.42. The Morgan fingerprint density at radius 1 is 1.62 bits per heavy atom. The zero-order chi connectivity index (χ0) is 9.26. The number of carbonyl (C=O) groups is 1. The maximum atomic E-state index is 11.1. The van der Waals surface area contributed by atoms with Gasteiger partial charge in [-0.1, -0.05) is 0 Å². The van der Waals surface area contributed by atoms with Gasteiger partial charge in [-0.15, -0.1) is 0 Å². The van der Waals surface area contributed by atoms with E-state index in [1.165, 1.54) is 7.11 Å². The fraction of sp³-hybridized carbons (Fsp3) is 0.333. The molecule has 4 heteroatoms. The molecular formula is C9H10N2O2. The van der Waals surface area contributed by atoms with Gasteiger partial charge in [-0.3, -0.25) is 4.98 Å². The van der Waals surface area contributed by atoms with Gasteiger partial charge in [0.15, 0.2) is 0 Å². The molecule has 1 N–H and O–H groups in total. The topological polar surface area (TPSA) is 51.2 Å². The minimum absolute atomic E-state index is 0.331. The first kappa shape index (κ1) is 8.19. The van der Waals surface area contributed by atoms with Gasteiger partial charge in [-0.25, -0.2) is 4.79 Å². The van der Waals surface area contributed by atoms with Gasteiger partial charge in [0.25, 0.3) is 0 Å². The van der Waals surface area contributed by atoms with Crippen LogP contribution in [0.25, 0.3) is 0 Å². The van der Waals surface area contributed by atoms with Crippen molar-refractivity contribution in [1.82, 2.24) is 10.3 Å². The molecule has 1 aliphatic rings. The Kier molecular flexibility index (Phi) is 1.98. The van der Waals surface area contributed by atoms with E-state index < -0.39 is 0 Å². The monoisotopic (exact) mass is 178 g/mol. The molecule has 4 nitrogen and oxygen atoms in total. The Balaban J connectivity index is 2.36. The first-order valence-electron chi connectivity index (χ1n) is 4.08. The third-order valence-corrected chi connectivity index (χ3v) is 2.09. The Labute approximate surface area is 75.9 Å². The number of hydrogen-bond donors (Lipinski definition) is 1. The van der Waals surface area contributed by atoms with Crippen LogP contribution in [0.4, 0.5) is 0 Å². The van der Waals surface area contributed by atoms with Gasteiger partial charge in [-0.05, 0) is 11.6 Å². The highest BCUT2D eigenvalue weighted by molar-refractivity contribution is 5.89. The lowest BCUT2D eigenvalue weighted by Gasteiger charge is -2.00. The second-order valence-corrected chi connectivity index (χ2v) is 2.92. The van der Waals surface area contributed by atoms with Crippen molar-refractivity contribution < 1.29 is 9.53 Å². The molecule has 0 atom stereocenters. The van der Waals surface area contributed by atoms with Gasteiger partial charge in [0.05, 0.1) is 18.4 Å². The van der Waals surface area contributed by atoms with Gasteiger partial charge in [0.2, 0.25) is 0 Å². The van der Waals surface area contributed by atoms with E-state index in [1.54, 1.807) is 6.20 Å². The predicted molar refractivity (Wildman–Crippen MR) is 46.1 cm³/mol. The smallest absolute Gasteiger partial charge is 0.339 e. The van der Waals surface area contributed by atoms with E-state index in [0.717, 1.165) is 24.3 Å². The minimum atomic E-state index is -0.331. The molecule has 1 aliphatic heterocycles. The highest BCUT2D eigenvalue weighted by atomic mass is 16.5. The van der Waals surface area contributed by atoms with Gasteiger partial charge >= 0.3 is 5.97 Å². The number of esters is 1. The van der Waals surface area contributed by atoms with Crippen molar-refractivity contribution in [1.29, 1.82) is 0 Å². The van der Waals surface area contributed by atoms with Gasteiger partial charge in [0, 0.05) is 19.3 Å². The summed E-state index contributed by atoms with van der Waals surface area (Å²) in [5.74, 6) is -0.331. The maximum Gasteiger partial charge on any atom is 0.339 e. The first-order chi connectivity index (χ1) is 6.31. The lowest BCUT2D eigenvalue weighted by molar-refractivity contribution is 0.0600. The number of nitrogens with one attached hydrogen (secondary N) is 1. The van der Waals surface area contributed by atoms with E-state index in [1.807, 2.05) is 6.07 Å². The van der Waals surface area contributed by atoms with Crippen LogP contribution in [0.3, 0.4) is 0 Å². The molecule has 0 aliphatic carbocycles. The molecule has 0 aromatic carbocycles. The molecule has 13 heavy (non-hydrogen) atoms. The average molecular weight is 178 g/mol. The van der Waals surface area contributed by atoms with Crippen molar-refractivity contribution in [2.45, 2.75) is 13.1 Å². The number of pyridine rings is 1. The summed E-state index contributed by atoms with van der Waals surface area (Å²) in [6.45, 7) is 1.57. The third-order valence-electron chi connectivity index (χ3n) is 2.09. The van der Waals surface area contributed by atoms with Crippen molar-refractivity contribution in [3.63, 3.8) is 0 Å². The molecule has 0 bridgehead atoms. The van der Waals surface area contributed by atoms with Crippen molar-refractivity contribution in [2.24, 2.45) is 0 Å². The van der Waals surface area contributed by atoms with Crippen molar-refractivity contribution in [3.8, 4) is 0 Å². The maximum absolute atomic E-state index is 11.1. The second kappa shape index (κ2) is 3.14. The number of fused-ring (bicyclic) bond motifs is 1. The number of ether oxygens (including phenoxy) is 1. The minimum Gasteiger partial charge on any atom is -0.465 e. The van der Waals surface area contributed by atoms with Crippen LogP contribution in [-0.4, -0.2) is 18.1 Å². The van der Waals surface area contributed by atoms with Crippen LogP contribution in [-0.2, 0) is 17.8 Å². The van der Waals surface area contributed by atoms with Crippen LogP contribution >= 0.6 is 0 Å². The molecule has 0 amide bonds. The van der Waals surface area contributed by atoms with Crippen LogP contribution < -0.4 is 5.32 Å². The molecule has 0 radical (unpaired) electrons. The normalized spacial score (nSPS) is 13.9. The summed E-state index contributed by atoms with van der Waals surface area (Å²) in [7, 11) is 1.37. The highest BCUT2D eigenvalue weighted by Crippen LogP contribution is 2.14. The molecule has 0 saturated heterocycles. The van der Waals surface area contributed by atoms with E-state index in [-0.39, 0.29) is 5.97 Å². The van der Waals surface area contributed by atoms with E-state index in [4.69, 9.17) is 0 Å². The summed E-state index contributed by atoms with van der Waals surface area (Å²) in [4.78, 5) is 15.3. The standard InChI is InChI=1S/C9H10N2O2/c1-13-9(12)7-2-6-3-10-5-8(6)11-4-7/h2,4,10H,3,5H2,1H3. The fourth-order valence-corrected chi connectivity index (χ4v) is 1.40. The summed E-state index contributed by atoms with van der Waals surface area (Å²) >= 11 is 0. The number of rotatable bonds is 1. The zero-order valence-corrected chi connectivity index (χ0v) is 7.33. The predicted octanol–water partition coefficient (Wildman–Crippen LogP) is 0.471. The second-order valence-electron chi connectivity index (χ2n) is 2.92. The Morgan fingerprint density at radius 3 is 3.23 bits per heavy atom. The van der Waals surface area contributed by atoms with Crippen molar-refractivity contribution in [3.05, 3.63) is 29.1 Å². The van der Waals surface area contributed by atoms with Gasteiger partial charge in [0.1, 0.15) is 0 Å². The number of methoxy groups -OCH3 is 1. The van der Waals surface area contributed by atoms with Crippen LogP contribution in [0.1, 0.15) is 21.6 Å². The SMILES string of the molecule is COC(=O)c1cnc2c(c1)CNC2. The lowest BCUT2D eigenvalue weighted by Crippen LogP contribution is -2.03. The van der Waals surface area contributed by atoms with Gasteiger partial charge in [-0.2, -0.15) is 0 Å². The molecule has 1 aromatic heterocycles. The Bertz CT molecular complexity index is 349. The van der Waals surface area contributed by atoms with Crippen LogP contribution in [0.2, 0.25) is 0 Å². The van der Waals surface area contributed by atoms with Crippen molar-refractivity contribution in [2.75, 3.05) is 7.11 Å². The summed E-state index contributed by atoms with van der Waals surface area (Å²) in [5.41, 5.74) is 2.63. The van der Waals surface area contributed by atoms with E-state index in [0.29, 0.717) is 5.56 Å². The molecule has 0 unspecified atom stereocenters. The number of nitrogens with zero attached hydrogens (tertiary/aromatic N) is 1. The van der Waals surface area contributed by atoms with Gasteiger partial charge < -0.3 is 10.1 Å². The van der Waals surface area contributed by atoms with E-state index in [2.05, 4.69) is 15.0 Å². The largest absolute Gasteiger partial charge is 0.465 e. The Morgan fingerprint density at radius 2 is 2.46 bits per heavy atom. The number of hydrogen-bond acceptors (Lipinski definition) is 4. The highest BCUT2D eigenvalue weighted by Gasteiger charge is 2.14. The zero-order valence-electron chi connectivity index (χ0n) is 7.33. The van der Waals surface area contributed by atoms with E-state index in [9.17, 15) is 4.79 Å². The molecule has 1 aromatic rings. The molecule has 2 heterocycles. The third kappa shape index (κ3) is 1.40. The van der Waals surface area contributed by atoms with Crippen LogP contribution in [0.15, 0.2) is 12.3 Å². The molecular weight excluding hydrogens is 168 g/mol. The summed E-state index contributed by atoms with van der Waals surface area (Å²) in [6, 6.07) is 1.83. The average Bonchev–Trinajstić information content (AvgIpc) is 2.63. The summed E-state index contributed by atoms with van der Waals surface area (Å²) < 4.78 is 4.60. The first-order valence-corrected chi connectivity index (χ1v) is 4.08. The summed E-state index contributed by atoms with van der Waals surface area (Å²) in [6.07, 6.45) is 1.55. The molecule has 0 spiro atoms. The summed E-state index contributed by atoms with van der Waals surface area (Å²) in [5, 5.41) is 3.16. The number of carbonyl (C=O) groups excluding carboxylic acids is 1. The van der Waals surface area contributed by atoms with Crippen molar-refractivity contribution >= 4 is 5.97 Å². The quantitative estimate of drug-likeness (QED) is 0.635. The molecule has 0 saturated carbocycles.